The van der Waals surface area contributed by atoms with Gasteiger partial charge in [-0.15, -0.1) is 0 Å². The minimum atomic E-state index is -2.00. The van der Waals surface area contributed by atoms with Gasteiger partial charge in [-0.05, 0) is 118 Å². The van der Waals surface area contributed by atoms with Crippen LogP contribution in [0.4, 0.5) is 0 Å². The number of carbonyl (C=O) groups is 17. The minimum Gasteiger partial charge on any atom is -0.492 e. The summed E-state index contributed by atoms with van der Waals surface area (Å²) in [5, 5.41) is 46.5. The van der Waals surface area contributed by atoms with Gasteiger partial charge < -0.3 is 113 Å². The topological polar surface area (TPSA) is 622 Å². The number of aromatic amines is 1. The molecule has 0 radical (unpaired) electrons. The lowest BCUT2D eigenvalue weighted by molar-refractivity contribution is -0.138. The molecule has 1 fully saturated rings. The Bertz CT molecular complexity index is 4390. The summed E-state index contributed by atoms with van der Waals surface area (Å²) in [6.45, 7) is 7.80. The van der Waals surface area contributed by atoms with Gasteiger partial charge in [0.15, 0.2) is 0 Å². The van der Waals surface area contributed by atoms with Crippen molar-refractivity contribution < 1.29 is 91.4 Å². The zero-order chi connectivity index (χ0) is 85.5. The number of rotatable bonds is 37. The first kappa shape index (κ1) is 92.6. The maximum atomic E-state index is 15.6. The van der Waals surface area contributed by atoms with Crippen LogP contribution in [0.5, 0.6) is 5.75 Å². The fourth-order valence-electron chi connectivity index (χ4n) is 12.2. The fourth-order valence-corrected chi connectivity index (χ4v) is 13.3. The molecule has 25 N–H and O–H groups in total. The molecule has 1 saturated heterocycles. The number of carbonyl (C=O) groups excluding carboxylic acids is 17. The predicted molar refractivity (Wildman–Crippen MR) is 425 cm³/mol. The van der Waals surface area contributed by atoms with Crippen molar-refractivity contribution in [3.05, 3.63) is 114 Å². The van der Waals surface area contributed by atoms with Crippen LogP contribution in [-0.4, -0.2) is 220 Å². The molecule has 38 nitrogen and oxygen atoms in total. The van der Waals surface area contributed by atoms with E-state index in [1.807, 2.05) is 12.1 Å². The molecule has 0 unspecified atom stereocenters. The maximum absolute atomic E-state index is 15.6. The molecular weight excluding hydrogens is 1530 g/mol. The first-order valence-electron chi connectivity index (χ1n) is 37.6. The van der Waals surface area contributed by atoms with Gasteiger partial charge in [-0.2, -0.15) is 11.8 Å². The highest BCUT2D eigenvalue weighted by Gasteiger charge is 2.40. The highest BCUT2D eigenvalue weighted by Crippen LogP contribution is 2.23. The van der Waals surface area contributed by atoms with E-state index in [0.717, 1.165) is 36.4 Å². The van der Waals surface area contributed by atoms with Crippen LogP contribution in [0.1, 0.15) is 116 Å². The van der Waals surface area contributed by atoms with Crippen molar-refractivity contribution in [2.75, 3.05) is 31.2 Å². The molecule has 4 aromatic carbocycles. The summed E-state index contributed by atoms with van der Waals surface area (Å²) >= 11 is 0.929. The van der Waals surface area contributed by atoms with Gasteiger partial charge in [-0.25, -0.2) is 0 Å². The number of benzene rings is 4. The summed E-state index contributed by atoms with van der Waals surface area (Å²) in [4.78, 5) is 238. The van der Waals surface area contributed by atoms with Crippen LogP contribution in [0.3, 0.4) is 0 Å². The summed E-state index contributed by atoms with van der Waals surface area (Å²) in [6, 6.07) is 7.59. The highest BCUT2D eigenvalue weighted by molar-refractivity contribution is 7.99. The van der Waals surface area contributed by atoms with Crippen molar-refractivity contribution >= 4 is 134 Å². The van der Waals surface area contributed by atoms with Crippen molar-refractivity contribution in [3.63, 3.8) is 0 Å². The minimum absolute atomic E-state index is 0.124. The molecule has 2 heterocycles. The number of H-pyrrole nitrogens is 1. The number of fused-ring (bicyclic) bond motifs is 2. The largest absolute Gasteiger partial charge is 0.492 e. The Kier molecular flexibility index (Phi) is 35.9. The van der Waals surface area contributed by atoms with E-state index in [1.54, 1.807) is 85.1 Å². The molecular formula is C77H105N19O19S. The lowest BCUT2D eigenvalue weighted by Gasteiger charge is -2.31. The van der Waals surface area contributed by atoms with E-state index in [1.165, 1.54) is 27.7 Å². The number of aromatic nitrogens is 1. The summed E-state index contributed by atoms with van der Waals surface area (Å²) in [5.41, 5.74) is 27.5. The second kappa shape index (κ2) is 45.0. The number of thioether (sulfide) groups is 1. The summed E-state index contributed by atoms with van der Waals surface area (Å²) in [6.07, 6.45) is -3.92. The van der Waals surface area contributed by atoms with E-state index in [-0.39, 0.29) is 76.3 Å². The predicted octanol–water partition coefficient (Wildman–Crippen LogP) is -4.33. The second-order valence-electron chi connectivity index (χ2n) is 28.6. The van der Waals surface area contributed by atoms with Crippen molar-refractivity contribution in [1.82, 2.24) is 74.1 Å². The van der Waals surface area contributed by atoms with Crippen LogP contribution in [-0.2, 0) is 101 Å². The Morgan fingerprint density at radius 3 is 1.81 bits per heavy atom. The average molecular weight is 1630 g/mol. The molecule has 12 atom stereocenters. The van der Waals surface area contributed by atoms with Crippen LogP contribution < -0.4 is 103 Å². The molecule has 1 aliphatic rings. The number of amides is 17. The lowest BCUT2D eigenvalue weighted by atomic mass is 9.97. The zero-order valence-electron chi connectivity index (χ0n) is 65.3. The molecule has 17 amide bonds. The average Bonchev–Trinajstić information content (AvgIpc) is 1.19. The van der Waals surface area contributed by atoms with E-state index in [9.17, 15) is 67.4 Å². The van der Waals surface area contributed by atoms with Crippen molar-refractivity contribution in [2.24, 2.45) is 28.7 Å². The van der Waals surface area contributed by atoms with E-state index >= 15 is 19.2 Å². The van der Waals surface area contributed by atoms with Crippen LogP contribution >= 0.6 is 11.8 Å². The van der Waals surface area contributed by atoms with Gasteiger partial charge in [0.05, 0.1) is 12.5 Å². The van der Waals surface area contributed by atoms with Crippen LogP contribution in [0.2, 0.25) is 0 Å². The molecule has 628 valence electrons. The molecule has 5 aromatic rings. The number of aliphatic hydroxyl groups excluding tert-OH is 1. The third kappa shape index (κ3) is 29.9. The van der Waals surface area contributed by atoms with E-state index in [2.05, 4.69) is 74.1 Å². The number of nitrogens with one attached hydrogen (secondary N) is 14. The summed E-state index contributed by atoms with van der Waals surface area (Å²) in [7, 11) is 0. The zero-order valence-corrected chi connectivity index (χ0v) is 66.1. The number of ether oxygens (including phenoxy) is 1. The summed E-state index contributed by atoms with van der Waals surface area (Å²) in [5.74, 6) is -16.7. The number of hydrogen-bond acceptors (Lipinski definition) is 21. The molecule has 116 heavy (non-hydrogen) atoms. The van der Waals surface area contributed by atoms with Gasteiger partial charge in [-0.1, -0.05) is 72.8 Å². The normalized spacial score (nSPS) is 18.8. The van der Waals surface area contributed by atoms with E-state index in [4.69, 9.17) is 33.4 Å². The fraction of sp³-hybridized carbons (Fsp3) is 0.468. The van der Waals surface area contributed by atoms with Gasteiger partial charge in [0.1, 0.15) is 84.4 Å². The van der Waals surface area contributed by atoms with Crippen LogP contribution in [0.25, 0.3) is 21.7 Å². The van der Waals surface area contributed by atoms with Gasteiger partial charge in [0.25, 0.3) is 0 Å². The molecule has 6 rings (SSSR count). The molecule has 1 aliphatic heterocycles. The third-order valence-corrected chi connectivity index (χ3v) is 19.7. The molecule has 39 heteroatoms. The van der Waals surface area contributed by atoms with Crippen molar-refractivity contribution in [2.45, 2.75) is 197 Å². The Morgan fingerprint density at radius 2 is 1.18 bits per heavy atom. The molecule has 0 aliphatic carbocycles. The smallest absolute Gasteiger partial charge is 0.245 e. The SMILES string of the molecule is CC(=O)NCCCC[C@H](NC(=O)C(C)(C)NC(=O)[C@H](Cc1ccc2ccccc2c1)NC(=O)[C@H](Cc1ccc(OCCN)cc1)NC(=O)[C@@H]1CSCC[C@H](NC(C)=O)C(=O)N[C@@H](CCC(N)=O)C(=O)N[C@@H]([C@@H](C)O)C(=O)N[C@@H](Cc2c[nH]c3ccccc23)C(=O)N[C@@H](CCC(N)=O)C(=O)N1)C(=O)N[C@@H](CC(N)=O)C(=O)N[C@@H](C)C(N)=O. The Labute approximate surface area is 672 Å². The molecule has 0 bridgehead atoms. The molecule has 0 spiro atoms. The van der Waals surface area contributed by atoms with E-state index in [0.29, 0.717) is 33.3 Å². The Hall–Kier alpha value is -12.3. The molecule has 1 aromatic heterocycles. The first-order valence-corrected chi connectivity index (χ1v) is 38.8. The summed E-state index contributed by atoms with van der Waals surface area (Å²) < 4.78 is 5.71. The van der Waals surface area contributed by atoms with Gasteiger partial charge >= 0.3 is 0 Å². The quantitative estimate of drug-likeness (QED) is 0.0167. The number of primary amides is 4. The lowest BCUT2D eigenvalue weighted by Crippen LogP contribution is -2.64. The maximum Gasteiger partial charge on any atom is 0.245 e. The van der Waals surface area contributed by atoms with Gasteiger partial charge in [-0.3, -0.25) is 81.5 Å². The van der Waals surface area contributed by atoms with Crippen molar-refractivity contribution in [3.8, 4) is 5.75 Å². The Morgan fingerprint density at radius 1 is 0.603 bits per heavy atom. The number of unbranched alkanes of at least 4 members (excludes halogenated alkanes) is 1. The first-order chi connectivity index (χ1) is 54.9. The Balaban J connectivity index is 1.43. The second-order valence-corrected chi connectivity index (χ2v) is 29.8. The third-order valence-electron chi connectivity index (χ3n) is 18.6. The number of hydrogen-bond donors (Lipinski definition) is 20. The van der Waals surface area contributed by atoms with Gasteiger partial charge in [0, 0.05) is 81.9 Å². The van der Waals surface area contributed by atoms with Crippen LogP contribution in [0.15, 0.2) is 97.2 Å². The van der Waals surface area contributed by atoms with Gasteiger partial charge in [0.2, 0.25) is 100 Å². The molecule has 0 saturated carbocycles. The van der Waals surface area contributed by atoms with Crippen LogP contribution in [0, 0.1) is 0 Å². The number of nitrogens with two attached hydrogens (primary N) is 5. The highest BCUT2D eigenvalue weighted by atomic mass is 32.2. The number of para-hydroxylation sites is 1. The van der Waals surface area contributed by atoms with Crippen molar-refractivity contribution in [1.29, 1.82) is 0 Å². The monoisotopic (exact) mass is 1630 g/mol. The van der Waals surface area contributed by atoms with E-state index < -0.39 is 210 Å². The number of aliphatic hydroxyl groups is 1. The standard InChI is InChI=1S/C77H105N19O19S/c1-40(65(82)103)85-70(108)59(37-63(81)102)91-66(104)52(17-11-12-30-83-42(3)98)94-76(114)77(5,6)96-74(112)57(35-45-18-21-46-13-7-8-14-47(46)33-45)90-71(109)56(34-44-19-22-49(23-20-44)115-31-29-78)89-73(111)60-39-116-32-28-55(86-43(4)99)68(106)87-54(25-27-62(80)101)69(107)95-64(41(2)97)75(113)92-58(36-48-38-84-51-16-10-9-15-50(48)51)72(110)88-53(67(105)93-60)24-26-61(79)100/h7-10,13-16,18-23,33,38,40-41,52-60,64,84,97H,11-12,17,24-32,34-37,39,78H2,1-6H3,(H2,79,100)(H2,80,101)(H2,81,102)(H2,82,103)(H,83,98)(H,85,108)(H,86,99)(H,87,106)(H,88,110)(H,89,111)(H,90,109)(H,91,104)(H,92,113)(H,93,105)(H,94,114)(H,95,107)(H,96,112)/t40-,41+,52-,53-,54-,55-,56-,57-,58-,59-,60-,64-/m0/s1.